The number of sulfonamides is 1. The van der Waals surface area contributed by atoms with Crippen LogP contribution in [0.4, 0.5) is 0 Å². The number of nitrogens with one attached hydrogen (secondary N) is 1. The zero-order valence-corrected chi connectivity index (χ0v) is 14.4. The quantitative estimate of drug-likeness (QED) is 0.713. The van der Waals surface area contributed by atoms with Crippen molar-refractivity contribution in [2.45, 2.75) is 58.0 Å². The number of rotatable bonds is 9. The van der Waals surface area contributed by atoms with Crippen molar-refractivity contribution in [1.82, 2.24) is 9.62 Å². The summed E-state index contributed by atoms with van der Waals surface area (Å²) >= 11 is 0. The first-order chi connectivity index (χ1) is 9.97. The largest absolute Gasteiger partial charge is 0.313 e. The molecule has 0 saturated carbocycles. The highest BCUT2D eigenvalue weighted by molar-refractivity contribution is 7.89. The van der Waals surface area contributed by atoms with Crippen LogP contribution < -0.4 is 5.32 Å². The molecule has 0 amide bonds. The van der Waals surface area contributed by atoms with E-state index in [9.17, 15) is 8.42 Å². The zero-order valence-electron chi connectivity index (χ0n) is 13.6. The second kappa shape index (κ2) is 8.51. The molecule has 0 heterocycles. The number of nitrogens with zero attached hydrogens (tertiary/aromatic N) is 1. The lowest BCUT2D eigenvalue weighted by atomic mass is 10.2. The highest BCUT2D eigenvalue weighted by atomic mass is 32.2. The van der Waals surface area contributed by atoms with Crippen LogP contribution in [0.25, 0.3) is 0 Å². The molecule has 4 nitrogen and oxygen atoms in total. The number of hydrogen-bond donors (Lipinski definition) is 1. The van der Waals surface area contributed by atoms with Gasteiger partial charge in [-0.2, -0.15) is 4.31 Å². The maximum absolute atomic E-state index is 12.6. The minimum absolute atomic E-state index is 0.0193. The lowest BCUT2D eigenvalue weighted by Gasteiger charge is -2.26. The highest BCUT2D eigenvalue weighted by Crippen LogP contribution is 2.19. The van der Waals surface area contributed by atoms with Crippen molar-refractivity contribution in [2.75, 3.05) is 13.1 Å². The molecule has 0 radical (unpaired) electrons. The molecule has 0 bridgehead atoms. The lowest BCUT2D eigenvalue weighted by molar-refractivity contribution is 0.342. The Bertz CT molecular complexity index is 512. The fourth-order valence-corrected chi connectivity index (χ4v) is 3.96. The summed E-state index contributed by atoms with van der Waals surface area (Å²) in [4.78, 5) is 0.379. The van der Waals surface area contributed by atoms with Crippen LogP contribution in [0.2, 0.25) is 0 Å². The van der Waals surface area contributed by atoms with E-state index in [2.05, 4.69) is 12.2 Å². The fourth-order valence-electron chi connectivity index (χ4n) is 2.25. The van der Waals surface area contributed by atoms with Gasteiger partial charge in [0.15, 0.2) is 0 Å². The predicted octanol–water partition coefficient (Wildman–Crippen LogP) is 3.00. The van der Waals surface area contributed by atoms with Gasteiger partial charge in [0.2, 0.25) is 10.0 Å². The number of hydrogen-bond acceptors (Lipinski definition) is 3. The van der Waals surface area contributed by atoms with E-state index in [0.29, 0.717) is 11.4 Å². The Morgan fingerprint density at radius 2 is 1.76 bits per heavy atom. The van der Waals surface area contributed by atoms with Crippen molar-refractivity contribution < 1.29 is 8.42 Å². The molecule has 0 aliphatic rings. The fraction of sp³-hybridized carbons (Fsp3) is 0.625. The van der Waals surface area contributed by atoms with E-state index in [0.717, 1.165) is 31.5 Å². The van der Waals surface area contributed by atoms with Crippen LogP contribution in [0.5, 0.6) is 0 Å². The molecule has 21 heavy (non-hydrogen) atoms. The molecule has 5 heteroatoms. The van der Waals surface area contributed by atoms with E-state index in [1.165, 1.54) is 0 Å². The maximum Gasteiger partial charge on any atom is 0.243 e. The molecule has 1 unspecified atom stereocenters. The van der Waals surface area contributed by atoms with Gasteiger partial charge in [0.05, 0.1) is 4.90 Å². The Morgan fingerprint density at radius 1 is 1.14 bits per heavy atom. The Labute approximate surface area is 129 Å². The summed E-state index contributed by atoms with van der Waals surface area (Å²) in [6.07, 6.45) is 1.90. The number of benzene rings is 1. The predicted molar refractivity (Wildman–Crippen MR) is 87.8 cm³/mol. The van der Waals surface area contributed by atoms with Crippen LogP contribution in [0.3, 0.4) is 0 Å². The van der Waals surface area contributed by atoms with E-state index in [4.69, 9.17) is 0 Å². The third kappa shape index (κ3) is 4.80. The Balaban J connectivity index is 2.88. The van der Waals surface area contributed by atoms with Crippen LogP contribution in [0.15, 0.2) is 29.2 Å². The first-order valence-corrected chi connectivity index (χ1v) is 9.22. The van der Waals surface area contributed by atoms with Crippen molar-refractivity contribution in [2.24, 2.45) is 0 Å². The van der Waals surface area contributed by atoms with Crippen LogP contribution in [0.1, 0.15) is 46.1 Å². The molecule has 0 aliphatic heterocycles. The summed E-state index contributed by atoms with van der Waals surface area (Å²) in [6, 6.07) is 7.22. The average Bonchev–Trinajstić information content (AvgIpc) is 2.48. The molecule has 1 atom stereocenters. The second-order valence-electron chi connectivity index (χ2n) is 5.29. The van der Waals surface area contributed by atoms with Crippen LogP contribution in [-0.2, 0) is 16.6 Å². The topological polar surface area (TPSA) is 49.4 Å². The standard InChI is InChI=1S/C16H28N2O2S/c1-5-12-17-13-15-8-10-16(11-9-15)21(19,20)18(7-3)14(4)6-2/h8-11,14,17H,5-7,12-13H2,1-4H3. The highest BCUT2D eigenvalue weighted by Gasteiger charge is 2.26. The SMILES string of the molecule is CCCNCc1ccc(S(=O)(=O)N(CC)C(C)CC)cc1. The van der Waals surface area contributed by atoms with Gasteiger partial charge < -0.3 is 5.32 Å². The zero-order chi connectivity index (χ0) is 15.9. The minimum Gasteiger partial charge on any atom is -0.313 e. The molecular weight excluding hydrogens is 284 g/mol. The third-order valence-electron chi connectivity index (χ3n) is 3.68. The maximum atomic E-state index is 12.6. The summed E-state index contributed by atoms with van der Waals surface area (Å²) in [5.41, 5.74) is 1.11. The van der Waals surface area contributed by atoms with Gasteiger partial charge in [0, 0.05) is 19.1 Å². The first-order valence-electron chi connectivity index (χ1n) is 7.78. The molecule has 1 N–H and O–H groups in total. The Kier molecular flexibility index (Phi) is 7.35. The van der Waals surface area contributed by atoms with E-state index >= 15 is 0 Å². The normalized spacial score (nSPS) is 13.6. The minimum atomic E-state index is -3.39. The van der Waals surface area contributed by atoms with E-state index in [-0.39, 0.29) is 6.04 Å². The van der Waals surface area contributed by atoms with Crippen LogP contribution in [-0.4, -0.2) is 31.9 Å². The third-order valence-corrected chi connectivity index (χ3v) is 5.78. The summed E-state index contributed by atoms with van der Waals surface area (Å²) in [5, 5.41) is 3.31. The molecule has 1 aromatic rings. The van der Waals surface area contributed by atoms with E-state index in [1.54, 1.807) is 16.4 Å². The second-order valence-corrected chi connectivity index (χ2v) is 7.18. The molecule has 0 spiro atoms. The van der Waals surface area contributed by atoms with Crippen molar-refractivity contribution in [3.8, 4) is 0 Å². The van der Waals surface area contributed by atoms with Gasteiger partial charge in [-0.15, -0.1) is 0 Å². The van der Waals surface area contributed by atoms with Crippen molar-refractivity contribution >= 4 is 10.0 Å². The smallest absolute Gasteiger partial charge is 0.243 e. The molecule has 1 rings (SSSR count). The van der Waals surface area contributed by atoms with Crippen LogP contribution in [0, 0.1) is 0 Å². The lowest BCUT2D eigenvalue weighted by Crippen LogP contribution is -2.38. The average molecular weight is 312 g/mol. The molecule has 0 aliphatic carbocycles. The first kappa shape index (κ1) is 18.1. The monoisotopic (exact) mass is 312 g/mol. The summed E-state index contributed by atoms with van der Waals surface area (Å²) in [6.45, 7) is 10.2. The summed E-state index contributed by atoms with van der Waals surface area (Å²) in [7, 11) is -3.39. The molecule has 0 saturated heterocycles. The van der Waals surface area contributed by atoms with Gasteiger partial charge in [-0.1, -0.05) is 32.9 Å². The van der Waals surface area contributed by atoms with Crippen molar-refractivity contribution in [3.63, 3.8) is 0 Å². The summed E-state index contributed by atoms with van der Waals surface area (Å²) in [5.74, 6) is 0. The van der Waals surface area contributed by atoms with Gasteiger partial charge in [-0.05, 0) is 44.0 Å². The van der Waals surface area contributed by atoms with Crippen LogP contribution >= 0.6 is 0 Å². The van der Waals surface area contributed by atoms with Crippen molar-refractivity contribution in [3.05, 3.63) is 29.8 Å². The van der Waals surface area contributed by atoms with Gasteiger partial charge in [0.1, 0.15) is 0 Å². The van der Waals surface area contributed by atoms with Crippen molar-refractivity contribution in [1.29, 1.82) is 0 Å². The van der Waals surface area contributed by atoms with Gasteiger partial charge >= 0.3 is 0 Å². The molecule has 0 fully saturated rings. The van der Waals surface area contributed by atoms with Gasteiger partial charge in [0.25, 0.3) is 0 Å². The Hall–Kier alpha value is -0.910. The van der Waals surface area contributed by atoms with E-state index < -0.39 is 10.0 Å². The summed E-state index contributed by atoms with van der Waals surface area (Å²) < 4.78 is 26.9. The van der Waals surface area contributed by atoms with E-state index in [1.807, 2.05) is 32.9 Å². The molecule has 0 aromatic heterocycles. The molecule has 120 valence electrons. The Morgan fingerprint density at radius 3 is 2.24 bits per heavy atom. The van der Waals surface area contributed by atoms with Gasteiger partial charge in [-0.3, -0.25) is 0 Å². The molecule has 1 aromatic carbocycles. The van der Waals surface area contributed by atoms with Gasteiger partial charge in [-0.25, -0.2) is 8.42 Å². The molecular formula is C16H28N2O2S.